The molecular weight excluding hydrogens is 264 g/mol. The summed E-state index contributed by atoms with van der Waals surface area (Å²) in [5.74, 6) is 0.166. The van der Waals surface area contributed by atoms with Gasteiger partial charge in [-0.3, -0.25) is 9.59 Å². The molecule has 5 heteroatoms. The molecule has 19 heavy (non-hydrogen) atoms. The van der Waals surface area contributed by atoms with Crippen LogP contribution in [0.15, 0.2) is 18.2 Å². The maximum atomic E-state index is 12.2. The van der Waals surface area contributed by atoms with E-state index in [1.54, 1.807) is 6.07 Å². The lowest BCUT2D eigenvalue weighted by Crippen LogP contribution is -2.25. The van der Waals surface area contributed by atoms with Gasteiger partial charge in [-0.05, 0) is 44.3 Å². The monoisotopic (exact) mass is 282 g/mol. The summed E-state index contributed by atoms with van der Waals surface area (Å²) in [5.41, 5.74) is 2.61. The summed E-state index contributed by atoms with van der Waals surface area (Å²) in [7, 11) is 3.94. The lowest BCUT2D eigenvalue weighted by Gasteiger charge is -2.13. The first-order valence-electron chi connectivity index (χ1n) is 6.07. The zero-order valence-corrected chi connectivity index (χ0v) is 12.2. The van der Waals surface area contributed by atoms with Crippen molar-refractivity contribution in [1.29, 1.82) is 0 Å². The maximum absolute atomic E-state index is 12.2. The van der Waals surface area contributed by atoms with Crippen molar-refractivity contribution < 1.29 is 9.59 Å². The Morgan fingerprint density at radius 2 is 2.11 bits per heavy atom. The predicted octanol–water partition coefficient (Wildman–Crippen LogP) is 1.98. The number of rotatable bonds is 3. The Morgan fingerprint density at radius 1 is 1.42 bits per heavy atom. The van der Waals surface area contributed by atoms with Crippen molar-refractivity contribution in [3.8, 4) is 0 Å². The molecule has 0 radical (unpaired) electrons. The van der Waals surface area contributed by atoms with Crippen LogP contribution in [0.25, 0.3) is 0 Å². The van der Waals surface area contributed by atoms with Gasteiger partial charge in [-0.25, -0.2) is 0 Å². The van der Waals surface area contributed by atoms with E-state index in [0.29, 0.717) is 0 Å². The highest BCUT2D eigenvalue weighted by Gasteiger charge is 2.30. The van der Waals surface area contributed by atoms with Gasteiger partial charge in [0.2, 0.25) is 5.91 Å². The number of nitrogens with one attached hydrogen (secondary N) is 1. The summed E-state index contributed by atoms with van der Waals surface area (Å²) in [5, 5.41) is 2.74. The average Bonchev–Trinajstić information content (AvgIpc) is 2.54. The second kappa shape index (κ2) is 6.17. The van der Waals surface area contributed by atoms with Crippen LogP contribution < -0.4 is 5.32 Å². The van der Waals surface area contributed by atoms with E-state index in [-0.39, 0.29) is 30.0 Å². The zero-order valence-electron chi connectivity index (χ0n) is 11.4. The van der Waals surface area contributed by atoms with Gasteiger partial charge in [0.25, 0.3) is 0 Å². The number of Topliss-reactive ketones (excluding diaryl/α,β-unsaturated/α-hetero) is 1. The Kier molecular flexibility index (Phi) is 5.09. The molecular formula is C14H19ClN2O2. The second-order valence-corrected chi connectivity index (χ2v) is 5.08. The molecule has 0 saturated heterocycles. The first kappa shape index (κ1) is 15.7. The minimum Gasteiger partial charge on any atom is -0.326 e. The molecule has 1 aliphatic rings. The van der Waals surface area contributed by atoms with Crippen LogP contribution in [-0.4, -0.2) is 37.2 Å². The molecule has 1 aromatic carbocycles. The van der Waals surface area contributed by atoms with Gasteiger partial charge in [0, 0.05) is 30.6 Å². The molecule has 1 aromatic rings. The number of hydrogen-bond donors (Lipinski definition) is 1. The fraction of sp³-hybridized carbons (Fsp3) is 0.429. The molecule has 1 amide bonds. The molecule has 104 valence electrons. The van der Waals surface area contributed by atoms with Crippen LogP contribution in [0.2, 0.25) is 0 Å². The van der Waals surface area contributed by atoms with Crippen molar-refractivity contribution in [1.82, 2.24) is 4.90 Å². The van der Waals surface area contributed by atoms with Crippen molar-refractivity contribution in [2.24, 2.45) is 5.92 Å². The Balaban J connectivity index is 0.00000180. The number of benzene rings is 1. The molecule has 1 aliphatic carbocycles. The molecule has 2 rings (SSSR count). The van der Waals surface area contributed by atoms with Gasteiger partial charge in [0.1, 0.15) is 0 Å². The number of carbonyl (C=O) groups is 2. The third-order valence-electron chi connectivity index (χ3n) is 3.11. The Hall–Kier alpha value is -1.39. The zero-order chi connectivity index (χ0) is 13.3. The summed E-state index contributed by atoms with van der Waals surface area (Å²) in [4.78, 5) is 25.2. The third-order valence-corrected chi connectivity index (χ3v) is 3.11. The Bertz CT molecular complexity index is 500. The second-order valence-electron chi connectivity index (χ2n) is 5.08. The minimum atomic E-state index is -0.0934. The largest absolute Gasteiger partial charge is 0.326 e. The average molecular weight is 283 g/mol. The van der Waals surface area contributed by atoms with Crippen molar-refractivity contribution in [2.45, 2.75) is 13.3 Å². The number of anilines is 1. The number of amides is 1. The number of nitrogens with zero attached hydrogens (tertiary/aromatic N) is 1. The first-order valence-corrected chi connectivity index (χ1v) is 6.07. The summed E-state index contributed by atoms with van der Waals surface area (Å²) >= 11 is 0. The molecule has 4 nitrogen and oxygen atoms in total. The van der Waals surface area contributed by atoms with Crippen LogP contribution in [-0.2, 0) is 11.2 Å². The highest BCUT2D eigenvalue weighted by atomic mass is 35.5. The number of carbonyl (C=O) groups excluding carboxylic acids is 2. The van der Waals surface area contributed by atoms with Gasteiger partial charge < -0.3 is 10.2 Å². The quantitative estimate of drug-likeness (QED) is 0.922. The van der Waals surface area contributed by atoms with Crippen molar-refractivity contribution in [3.05, 3.63) is 29.3 Å². The molecule has 0 fully saturated rings. The topological polar surface area (TPSA) is 49.4 Å². The fourth-order valence-electron chi connectivity index (χ4n) is 2.45. The molecule has 1 N–H and O–H groups in total. The van der Waals surface area contributed by atoms with Gasteiger partial charge in [0.05, 0.1) is 0 Å². The number of fused-ring (bicyclic) bond motifs is 1. The smallest absolute Gasteiger partial charge is 0.221 e. The van der Waals surface area contributed by atoms with E-state index in [0.717, 1.165) is 29.8 Å². The highest BCUT2D eigenvalue weighted by molar-refractivity contribution is 6.03. The van der Waals surface area contributed by atoms with Gasteiger partial charge in [-0.2, -0.15) is 0 Å². The van der Waals surface area contributed by atoms with Crippen LogP contribution in [0, 0.1) is 5.92 Å². The molecule has 1 atom stereocenters. The molecule has 0 aromatic heterocycles. The summed E-state index contributed by atoms with van der Waals surface area (Å²) in [6.45, 7) is 2.25. The summed E-state index contributed by atoms with van der Waals surface area (Å²) < 4.78 is 0. The van der Waals surface area contributed by atoms with Crippen LogP contribution in [0.4, 0.5) is 5.69 Å². The normalized spacial score (nSPS) is 17.1. The molecule has 0 heterocycles. The van der Waals surface area contributed by atoms with E-state index in [4.69, 9.17) is 0 Å². The van der Waals surface area contributed by atoms with Gasteiger partial charge in [-0.15, -0.1) is 12.4 Å². The van der Waals surface area contributed by atoms with Crippen molar-refractivity contribution in [3.63, 3.8) is 0 Å². The fourth-order valence-corrected chi connectivity index (χ4v) is 2.45. The van der Waals surface area contributed by atoms with E-state index in [1.807, 2.05) is 31.1 Å². The SMILES string of the molecule is CC(=O)Nc1ccc2c(c1)CC(CN(C)C)C2=O.Cl. The van der Waals surface area contributed by atoms with Gasteiger partial charge in [0.15, 0.2) is 5.78 Å². The predicted molar refractivity (Wildman–Crippen MR) is 78.1 cm³/mol. The number of ketones is 1. The first-order chi connectivity index (χ1) is 8.47. The van der Waals surface area contributed by atoms with Gasteiger partial charge in [-0.1, -0.05) is 0 Å². The lowest BCUT2D eigenvalue weighted by molar-refractivity contribution is -0.114. The van der Waals surface area contributed by atoms with Gasteiger partial charge >= 0.3 is 0 Å². The van der Waals surface area contributed by atoms with E-state index in [9.17, 15) is 9.59 Å². The molecule has 0 aliphatic heterocycles. The Morgan fingerprint density at radius 3 is 2.68 bits per heavy atom. The standard InChI is InChI=1S/C14H18N2O2.ClH/c1-9(17)15-12-4-5-13-10(7-12)6-11(14(13)18)8-16(2)3;/h4-5,7,11H,6,8H2,1-3H3,(H,15,17);1H. The molecule has 0 bridgehead atoms. The highest BCUT2D eigenvalue weighted by Crippen LogP contribution is 2.29. The summed E-state index contributed by atoms with van der Waals surface area (Å²) in [6, 6.07) is 5.51. The Labute approximate surface area is 119 Å². The number of hydrogen-bond acceptors (Lipinski definition) is 3. The molecule has 1 unspecified atom stereocenters. The van der Waals surface area contributed by atoms with E-state index < -0.39 is 0 Å². The molecule has 0 spiro atoms. The van der Waals surface area contributed by atoms with Crippen LogP contribution in [0.1, 0.15) is 22.8 Å². The van der Waals surface area contributed by atoms with E-state index in [1.165, 1.54) is 6.92 Å². The lowest BCUT2D eigenvalue weighted by atomic mass is 10.1. The molecule has 0 saturated carbocycles. The van der Waals surface area contributed by atoms with Crippen molar-refractivity contribution >= 4 is 29.8 Å². The van der Waals surface area contributed by atoms with E-state index in [2.05, 4.69) is 5.32 Å². The number of halogens is 1. The van der Waals surface area contributed by atoms with Crippen LogP contribution in [0.3, 0.4) is 0 Å². The third kappa shape index (κ3) is 3.55. The maximum Gasteiger partial charge on any atom is 0.221 e. The van der Waals surface area contributed by atoms with Crippen LogP contribution >= 0.6 is 12.4 Å². The van der Waals surface area contributed by atoms with Crippen LogP contribution in [0.5, 0.6) is 0 Å². The minimum absolute atomic E-state index is 0. The van der Waals surface area contributed by atoms with Crippen molar-refractivity contribution in [2.75, 3.05) is 26.0 Å². The van der Waals surface area contributed by atoms with E-state index >= 15 is 0 Å². The summed E-state index contributed by atoms with van der Waals surface area (Å²) in [6.07, 6.45) is 0.764.